The van der Waals surface area contributed by atoms with E-state index in [0.717, 1.165) is 22.4 Å². The van der Waals surface area contributed by atoms with Gasteiger partial charge in [0.25, 0.3) is 0 Å². The second kappa shape index (κ2) is 21.9. The maximum absolute atomic E-state index is 13.9. The fourth-order valence-electron chi connectivity index (χ4n) is 7.10. The summed E-state index contributed by atoms with van der Waals surface area (Å²) in [6.45, 7) is 15.5. The Kier molecular flexibility index (Phi) is 17.6. The number of carbonyl (C=O) groups excluding carboxylic acids is 4. The van der Waals surface area contributed by atoms with Crippen LogP contribution in [0.2, 0.25) is 0 Å². The average molecular weight is 829 g/mol. The molecule has 3 fully saturated rings. The number of epoxide rings is 2. The molecule has 1 unspecified atom stereocenters. The van der Waals surface area contributed by atoms with Crippen LogP contribution in [0.5, 0.6) is 5.75 Å². The van der Waals surface area contributed by atoms with Crippen LogP contribution in [0, 0.1) is 5.92 Å². The van der Waals surface area contributed by atoms with E-state index in [-0.39, 0.29) is 61.0 Å². The first-order chi connectivity index (χ1) is 28.0. The lowest BCUT2D eigenvalue weighted by Gasteiger charge is -2.27. The lowest BCUT2D eigenvalue weighted by Crippen LogP contribution is -2.48. The number of nitrogens with one attached hydrogen (secondary N) is 2. The number of hydrogen-bond donors (Lipinski definition) is 3. The average Bonchev–Trinajstić information content (AvgIpc) is 4.13. The van der Waals surface area contributed by atoms with Crippen LogP contribution in [0.4, 0.5) is 0 Å². The van der Waals surface area contributed by atoms with E-state index >= 15 is 0 Å². The summed E-state index contributed by atoms with van der Waals surface area (Å²) in [6, 6.07) is 26.2. The van der Waals surface area contributed by atoms with E-state index in [1.54, 1.807) is 13.8 Å². The quantitative estimate of drug-likeness (QED) is 0.136. The molecule has 0 spiro atoms. The van der Waals surface area contributed by atoms with Crippen LogP contribution < -0.4 is 21.1 Å². The molecule has 60 heavy (non-hydrogen) atoms. The molecule has 0 bridgehead atoms. The SMILES string of the molecule is C.C[C@H](NC(=O)CN1CCOCC1)C(=O)C[C@@H](Cc1ccc(OC(C)(C)C)cc1)C(=O)N[C@@H](Cc1ccccc1)C[C@@]1(C)CO1.C[C@]1(C(=O)C(N)Cc2ccccc2)CO1. The lowest BCUT2D eigenvalue weighted by atomic mass is 9.90. The van der Waals surface area contributed by atoms with Crippen LogP contribution in [-0.4, -0.2) is 109 Å². The van der Waals surface area contributed by atoms with Crippen LogP contribution in [0.1, 0.15) is 78.5 Å². The number of benzene rings is 3. The largest absolute Gasteiger partial charge is 0.488 e. The first kappa shape index (κ1) is 48.2. The number of morpholine rings is 1. The zero-order valence-electron chi connectivity index (χ0n) is 35.7. The van der Waals surface area contributed by atoms with Gasteiger partial charge < -0.3 is 35.3 Å². The van der Waals surface area contributed by atoms with Gasteiger partial charge in [0, 0.05) is 31.5 Å². The predicted octanol–water partition coefficient (Wildman–Crippen LogP) is 5.28. The summed E-state index contributed by atoms with van der Waals surface area (Å²) in [4.78, 5) is 53.8. The molecule has 12 nitrogen and oxygen atoms in total. The Morgan fingerprint density at radius 3 is 1.88 bits per heavy atom. The van der Waals surface area contributed by atoms with Gasteiger partial charge in [-0.05, 0) is 96.0 Å². The molecule has 3 aromatic rings. The van der Waals surface area contributed by atoms with Crippen LogP contribution in [0.3, 0.4) is 0 Å². The van der Waals surface area contributed by atoms with Gasteiger partial charge >= 0.3 is 0 Å². The monoisotopic (exact) mass is 829 g/mol. The van der Waals surface area contributed by atoms with Crippen LogP contribution in [0.15, 0.2) is 84.9 Å². The molecule has 0 radical (unpaired) electrons. The maximum Gasteiger partial charge on any atom is 0.234 e. The van der Waals surface area contributed by atoms with E-state index in [4.69, 9.17) is 24.7 Å². The van der Waals surface area contributed by atoms with E-state index < -0.39 is 23.6 Å². The van der Waals surface area contributed by atoms with Crippen molar-refractivity contribution in [3.63, 3.8) is 0 Å². The molecular formula is C48H68N4O8. The van der Waals surface area contributed by atoms with Gasteiger partial charge in [0.2, 0.25) is 11.8 Å². The number of rotatable bonds is 19. The molecule has 6 rings (SSSR count). The minimum Gasteiger partial charge on any atom is -0.488 e. The van der Waals surface area contributed by atoms with Crippen molar-refractivity contribution in [2.24, 2.45) is 11.7 Å². The third-order valence-corrected chi connectivity index (χ3v) is 10.7. The third-order valence-electron chi connectivity index (χ3n) is 10.7. The Morgan fingerprint density at radius 1 is 0.800 bits per heavy atom. The normalized spacial score (nSPS) is 21.6. The summed E-state index contributed by atoms with van der Waals surface area (Å²) in [5.74, 6) is -0.414. The van der Waals surface area contributed by atoms with Gasteiger partial charge in [-0.1, -0.05) is 80.2 Å². The van der Waals surface area contributed by atoms with Crippen molar-refractivity contribution in [2.75, 3.05) is 46.1 Å². The highest BCUT2D eigenvalue weighted by atomic mass is 16.6. The summed E-state index contributed by atoms with van der Waals surface area (Å²) in [5.41, 5.74) is 7.81. The van der Waals surface area contributed by atoms with Crippen molar-refractivity contribution < 1.29 is 38.1 Å². The number of hydrogen-bond acceptors (Lipinski definition) is 10. The molecule has 0 saturated carbocycles. The van der Waals surface area contributed by atoms with E-state index in [1.165, 1.54) is 0 Å². The molecule has 6 atom stereocenters. The first-order valence-corrected chi connectivity index (χ1v) is 20.9. The van der Waals surface area contributed by atoms with Gasteiger partial charge in [-0.15, -0.1) is 0 Å². The zero-order valence-corrected chi connectivity index (χ0v) is 35.7. The van der Waals surface area contributed by atoms with Gasteiger partial charge in [0.15, 0.2) is 11.6 Å². The van der Waals surface area contributed by atoms with Crippen LogP contribution >= 0.6 is 0 Å². The van der Waals surface area contributed by atoms with Crippen molar-refractivity contribution in [1.82, 2.24) is 15.5 Å². The molecule has 12 heteroatoms. The van der Waals surface area contributed by atoms with E-state index in [9.17, 15) is 19.2 Å². The van der Waals surface area contributed by atoms with Crippen LogP contribution in [-0.2, 0) is 52.7 Å². The molecule has 4 N–H and O–H groups in total. The smallest absolute Gasteiger partial charge is 0.234 e. The van der Waals surface area contributed by atoms with Crippen molar-refractivity contribution in [3.8, 4) is 5.75 Å². The van der Waals surface area contributed by atoms with E-state index in [0.29, 0.717) is 65.2 Å². The maximum atomic E-state index is 13.9. The first-order valence-electron chi connectivity index (χ1n) is 20.9. The van der Waals surface area contributed by atoms with Gasteiger partial charge in [0.1, 0.15) is 17.0 Å². The Labute approximate surface area is 357 Å². The number of carbonyl (C=O) groups is 4. The Morgan fingerprint density at radius 2 is 1.35 bits per heavy atom. The highest BCUT2D eigenvalue weighted by Crippen LogP contribution is 2.32. The highest BCUT2D eigenvalue weighted by molar-refractivity contribution is 5.94. The van der Waals surface area contributed by atoms with Crippen molar-refractivity contribution in [1.29, 1.82) is 0 Å². The highest BCUT2D eigenvalue weighted by Gasteiger charge is 2.48. The number of nitrogens with two attached hydrogens (primary N) is 1. The van der Waals surface area contributed by atoms with Gasteiger partial charge in [-0.25, -0.2) is 0 Å². The fourth-order valence-corrected chi connectivity index (χ4v) is 7.10. The number of nitrogens with zero attached hydrogens (tertiary/aromatic N) is 1. The summed E-state index contributed by atoms with van der Waals surface area (Å²) in [5, 5.41) is 6.10. The molecule has 3 aliphatic heterocycles. The zero-order chi connectivity index (χ0) is 42.6. The number of Topliss-reactive ketones (excluding diaryl/α,β-unsaturated/α-hetero) is 2. The molecule has 3 saturated heterocycles. The second-order valence-electron chi connectivity index (χ2n) is 17.6. The number of ketones is 2. The standard InChI is InChI=1S/C35H49N3O6.C12H15NO2.CH4/c1-25(36-32(40)23-38-15-17-42-18-16-38)31(39)21-28(19-27-11-13-30(14-12-27)44-34(2,3)4)33(41)37-29(22-35(5)24-43-35)20-26-9-7-6-8-10-26;1-12(8-15-12)11(14)10(13)7-9-5-3-2-4-6-9;/h6-14,25,28-29H,15-24H2,1-5H3,(H,36,40)(H,37,41);2-6,10H,7-8,13H2,1H3;1H4/t25-,28+,29-,35-;10?,12-;/m01./s1. The fraction of sp³-hybridized carbons (Fsp3) is 0.542. The minimum atomic E-state index is -0.708. The number of amides is 2. The number of ether oxygens (including phenoxy) is 4. The Hall–Kier alpha value is -4.46. The van der Waals surface area contributed by atoms with Gasteiger partial charge in [0.05, 0.1) is 50.7 Å². The van der Waals surface area contributed by atoms with Gasteiger partial charge in [-0.2, -0.15) is 0 Å². The van der Waals surface area contributed by atoms with Crippen molar-refractivity contribution in [2.45, 2.75) is 116 Å². The minimum absolute atomic E-state index is 0. The molecule has 3 aromatic carbocycles. The van der Waals surface area contributed by atoms with Crippen molar-refractivity contribution in [3.05, 3.63) is 102 Å². The summed E-state index contributed by atoms with van der Waals surface area (Å²) in [7, 11) is 0. The molecule has 3 heterocycles. The molecule has 2 amide bonds. The lowest BCUT2D eigenvalue weighted by molar-refractivity contribution is -0.132. The summed E-state index contributed by atoms with van der Waals surface area (Å²) in [6.07, 6.45) is 2.32. The topological polar surface area (TPSA) is 165 Å². The van der Waals surface area contributed by atoms with Gasteiger partial charge in [-0.3, -0.25) is 24.1 Å². The molecular weight excluding hydrogens is 761 g/mol. The summed E-state index contributed by atoms with van der Waals surface area (Å²) < 4.78 is 22.1. The van der Waals surface area contributed by atoms with Crippen molar-refractivity contribution >= 4 is 23.4 Å². The Balaban J connectivity index is 0.000000415. The summed E-state index contributed by atoms with van der Waals surface area (Å²) >= 11 is 0. The second-order valence-corrected chi connectivity index (χ2v) is 17.6. The molecule has 3 aliphatic rings. The van der Waals surface area contributed by atoms with Crippen LogP contribution in [0.25, 0.3) is 0 Å². The predicted molar refractivity (Wildman–Crippen MR) is 234 cm³/mol. The molecule has 0 aromatic heterocycles. The Bertz CT molecular complexity index is 1820. The van der Waals surface area contributed by atoms with E-state index in [1.807, 2.05) is 98.5 Å². The third kappa shape index (κ3) is 16.2. The molecule has 328 valence electrons. The van der Waals surface area contributed by atoms with E-state index in [2.05, 4.69) is 29.7 Å². The molecule has 0 aliphatic carbocycles.